The van der Waals surface area contributed by atoms with Crippen molar-refractivity contribution in [1.29, 1.82) is 0 Å². The molecule has 3 aromatic rings. The van der Waals surface area contributed by atoms with Gasteiger partial charge in [0.15, 0.2) is 0 Å². The summed E-state index contributed by atoms with van der Waals surface area (Å²) >= 11 is 6.14. The van der Waals surface area contributed by atoms with Gasteiger partial charge in [0.1, 0.15) is 0 Å². The highest BCUT2D eigenvalue weighted by molar-refractivity contribution is 6.30. The van der Waals surface area contributed by atoms with Crippen molar-refractivity contribution < 1.29 is 0 Å². The Morgan fingerprint density at radius 1 is 1.00 bits per heavy atom. The summed E-state index contributed by atoms with van der Waals surface area (Å²) in [7, 11) is 2.17. The Balaban J connectivity index is 1.57. The maximum atomic E-state index is 6.14. The van der Waals surface area contributed by atoms with E-state index in [4.69, 9.17) is 11.6 Å². The molecule has 27 heavy (non-hydrogen) atoms. The molecule has 0 saturated carbocycles. The third kappa shape index (κ3) is 3.81. The van der Waals surface area contributed by atoms with Gasteiger partial charge in [0.2, 0.25) is 0 Å². The standard InChI is InChI=1S/C24H25ClN2/c1-17(18-7-4-3-5-8-18)27(2)22-13-11-19-12-14-24(23(19)16-22)26-21-10-6-9-20(25)15-21/h3-11,13,15-17,24,26H,12,14H2,1-2H3/t17-,24?/m1/s1. The van der Waals surface area contributed by atoms with Crippen LogP contribution in [-0.4, -0.2) is 7.05 Å². The fraction of sp³-hybridized carbons (Fsp3) is 0.250. The van der Waals surface area contributed by atoms with Crippen LogP contribution in [0.1, 0.15) is 42.1 Å². The first kappa shape index (κ1) is 17.9. The number of anilines is 2. The summed E-state index contributed by atoms with van der Waals surface area (Å²) < 4.78 is 0. The summed E-state index contributed by atoms with van der Waals surface area (Å²) in [5.41, 5.74) is 6.51. The van der Waals surface area contributed by atoms with Crippen LogP contribution in [0.2, 0.25) is 5.02 Å². The molecule has 2 atom stereocenters. The van der Waals surface area contributed by atoms with Gasteiger partial charge in [-0.25, -0.2) is 0 Å². The fourth-order valence-electron chi connectivity index (χ4n) is 3.92. The molecule has 138 valence electrons. The molecule has 0 radical (unpaired) electrons. The van der Waals surface area contributed by atoms with Crippen LogP contribution < -0.4 is 10.2 Å². The van der Waals surface area contributed by atoms with E-state index in [1.54, 1.807) is 0 Å². The van der Waals surface area contributed by atoms with Crippen molar-refractivity contribution in [2.24, 2.45) is 0 Å². The molecule has 3 aromatic carbocycles. The van der Waals surface area contributed by atoms with Crippen molar-refractivity contribution in [3.8, 4) is 0 Å². The highest BCUT2D eigenvalue weighted by Gasteiger charge is 2.24. The Morgan fingerprint density at radius 2 is 1.81 bits per heavy atom. The molecular formula is C24H25ClN2. The highest BCUT2D eigenvalue weighted by atomic mass is 35.5. The number of halogens is 1. The van der Waals surface area contributed by atoms with Crippen molar-refractivity contribution in [1.82, 2.24) is 0 Å². The molecule has 0 amide bonds. The minimum atomic E-state index is 0.324. The first-order chi connectivity index (χ1) is 13.1. The number of nitrogens with zero attached hydrogens (tertiary/aromatic N) is 1. The first-order valence-corrected chi connectivity index (χ1v) is 9.92. The number of hydrogen-bond acceptors (Lipinski definition) is 2. The van der Waals surface area contributed by atoms with E-state index >= 15 is 0 Å². The van der Waals surface area contributed by atoms with Gasteiger partial charge in [-0.05, 0) is 66.8 Å². The number of rotatable bonds is 5. The van der Waals surface area contributed by atoms with E-state index in [-0.39, 0.29) is 0 Å². The van der Waals surface area contributed by atoms with Crippen LogP contribution in [0.25, 0.3) is 0 Å². The van der Waals surface area contributed by atoms with Gasteiger partial charge in [0.25, 0.3) is 0 Å². The molecule has 2 nitrogen and oxygen atoms in total. The SMILES string of the molecule is C[C@H](c1ccccc1)N(C)c1ccc2c(c1)C(Nc1cccc(Cl)c1)CC2. The van der Waals surface area contributed by atoms with Gasteiger partial charge in [0, 0.05) is 23.4 Å². The van der Waals surface area contributed by atoms with Gasteiger partial charge in [0.05, 0.1) is 12.1 Å². The molecule has 0 heterocycles. The number of hydrogen-bond donors (Lipinski definition) is 1. The second-order valence-electron chi connectivity index (χ2n) is 7.33. The maximum Gasteiger partial charge on any atom is 0.0520 e. The molecule has 0 saturated heterocycles. The largest absolute Gasteiger partial charge is 0.378 e. The van der Waals surface area contributed by atoms with Crippen LogP contribution in [0.4, 0.5) is 11.4 Å². The van der Waals surface area contributed by atoms with Crippen LogP contribution in [0, 0.1) is 0 Å². The molecule has 0 aromatic heterocycles. The molecule has 0 fully saturated rings. The molecule has 4 rings (SSSR count). The fourth-order valence-corrected chi connectivity index (χ4v) is 4.11. The Bertz CT molecular complexity index is 923. The number of fused-ring (bicyclic) bond motifs is 1. The summed E-state index contributed by atoms with van der Waals surface area (Å²) in [6, 6.07) is 26.2. The van der Waals surface area contributed by atoms with Crippen LogP contribution in [-0.2, 0) is 6.42 Å². The van der Waals surface area contributed by atoms with E-state index < -0.39 is 0 Å². The number of benzene rings is 3. The van der Waals surface area contributed by atoms with E-state index in [0.717, 1.165) is 23.6 Å². The quantitative estimate of drug-likeness (QED) is 0.537. The minimum absolute atomic E-state index is 0.324. The Hall–Kier alpha value is -2.45. The van der Waals surface area contributed by atoms with Crippen molar-refractivity contribution in [3.05, 3.63) is 94.5 Å². The molecule has 1 unspecified atom stereocenters. The van der Waals surface area contributed by atoms with Crippen LogP contribution in [0.3, 0.4) is 0 Å². The summed E-state index contributed by atoms with van der Waals surface area (Å²) in [6.07, 6.45) is 2.23. The molecule has 1 aliphatic rings. The Labute approximate surface area is 166 Å². The summed E-state index contributed by atoms with van der Waals surface area (Å²) in [4.78, 5) is 2.35. The van der Waals surface area contributed by atoms with Gasteiger partial charge >= 0.3 is 0 Å². The van der Waals surface area contributed by atoms with E-state index in [1.165, 1.54) is 22.4 Å². The predicted molar refractivity (Wildman–Crippen MR) is 116 cm³/mol. The average molecular weight is 377 g/mol. The minimum Gasteiger partial charge on any atom is -0.378 e. The summed E-state index contributed by atoms with van der Waals surface area (Å²) in [5.74, 6) is 0. The molecule has 0 aliphatic heterocycles. The third-order valence-corrected chi connectivity index (χ3v) is 5.88. The second kappa shape index (κ2) is 7.66. The van der Waals surface area contributed by atoms with E-state index in [9.17, 15) is 0 Å². The number of nitrogens with one attached hydrogen (secondary N) is 1. The van der Waals surface area contributed by atoms with Gasteiger partial charge in [-0.15, -0.1) is 0 Å². The smallest absolute Gasteiger partial charge is 0.0520 e. The zero-order valence-electron chi connectivity index (χ0n) is 15.8. The zero-order chi connectivity index (χ0) is 18.8. The lowest BCUT2D eigenvalue weighted by atomic mass is 10.0. The van der Waals surface area contributed by atoms with Crippen molar-refractivity contribution in [2.75, 3.05) is 17.3 Å². The molecular weight excluding hydrogens is 352 g/mol. The van der Waals surface area contributed by atoms with Gasteiger partial charge in [-0.2, -0.15) is 0 Å². The summed E-state index contributed by atoms with van der Waals surface area (Å²) in [5, 5.41) is 4.43. The van der Waals surface area contributed by atoms with Crippen LogP contribution in [0.15, 0.2) is 72.8 Å². The molecule has 1 N–H and O–H groups in total. The topological polar surface area (TPSA) is 15.3 Å². The lowest BCUT2D eigenvalue weighted by molar-refractivity contribution is 0.736. The Morgan fingerprint density at radius 3 is 2.59 bits per heavy atom. The van der Waals surface area contributed by atoms with Crippen molar-refractivity contribution >= 4 is 23.0 Å². The van der Waals surface area contributed by atoms with E-state index in [0.29, 0.717) is 12.1 Å². The summed E-state index contributed by atoms with van der Waals surface area (Å²) in [6.45, 7) is 2.25. The predicted octanol–water partition coefficient (Wildman–Crippen LogP) is 6.64. The lowest BCUT2D eigenvalue weighted by Gasteiger charge is -2.28. The van der Waals surface area contributed by atoms with E-state index in [1.807, 2.05) is 18.2 Å². The molecule has 0 bridgehead atoms. The Kier molecular flexibility index (Phi) is 5.09. The van der Waals surface area contributed by atoms with Gasteiger partial charge in [-0.1, -0.05) is 54.1 Å². The van der Waals surface area contributed by atoms with Gasteiger partial charge < -0.3 is 10.2 Å². The van der Waals surface area contributed by atoms with Crippen molar-refractivity contribution in [3.63, 3.8) is 0 Å². The molecule has 3 heteroatoms. The van der Waals surface area contributed by atoms with Crippen LogP contribution >= 0.6 is 11.6 Å². The maximum absolute atomic E-state index is 6.14. The van der Waals surface area contributed by atoms with E-state index in [2.05, 4.69) is 78.8 Å². The highest BCUT2D eigenvalue weighted by Crippen LogP contribution is 2.37. The normalized spacial score (nSPS) is 16.6. The monoisotopic (exact) mass is 376 g/mol. The third-order valence-electron chi connectivity index (χ3n) is 5.64. The average Bonchev–Trinajstić information content (AvgIpc) is 3.09. The zero-order valence-corrected chi connectivity index (χ0v) is 16.6. The van der Waals surface area contributed by atoms with Crippen molar-refractivity contribution in [2.45, 2.75) is 31.8 Å². The van der Waals surface area contributed by atoms with Gasteiger partial charge in [-0.3, -0.25) is 0 Å². The second-order valence-corrected chi connectivity index (χ2v) is 7.76. The van der Waals surface area contributed by atoms with Crippen LogP contribution in [0.5, 0.6) is 0 Å². The lowest BCUT2D eigenvalue weighted by Crippen LogP contribution is -2.21. The molecule has 1 aliphatic carbocycles. The first-order valence-electron chi connectivity index (χ1n) is 9.54. The number of aryl methyl sites for hydroxylation is 1. The molecule has 0 spiro atoms.